The van der Waals surface area contributed by atoms with Gasteiger partial charge in [0.15, 0.2) is 0 Å². The number of rotatable bonds is 0. The normalized spacial score (nSPS) is 0. The summed E-state index contributed by atoms with van der Waals surface area (Å²) in [5.74, 6) is 0. The Morgan fingerprint density at radius 3 is 0.500 bits per heavy atom. The zero-order valence-corrected chi connectivity index (χ0v) is 4.27. The molecule has 6 heavy (non-hydrogen) atoms. The van der Waals surface area contributed by atoms with E-state index in [0.29, 0.717) is 0 Å². The van der Waals surface area contributed by atoms with E-state index in [9.17, 15) is 0 Å². The van der Waals surface area contributed by atoms with Crippen molar-refractivity contribution in [1.82, 2.24) is 0 Å². The van der Waals surface area contributed by atoms with Crippen molar-refractivity contribution in [2.75, 3.05) is 0 Å². The van der Waals surface area contributed by atoms with Crippen LogP contribution in [0.15, 0.2) is 0 Å². The van der Waals surface area contributed by atoms with Crippen molar-refractivity contribution in [2.45, 2.75) is 0 Å². The van der Waals surface area contributed by atoms with Gasteiger partial charge >= 0.3 is 33.6 Å². The van der Waals surface area contributed by atoms with Crippen molar-refractivity contribution in [1.29, 1.82) is 0 Å². The van der Waals surface area contributed by atoms with Crippen molar-refractivity contribution in [3.63, 3.8) is 0 Å². The summed E-state index contributed by atoms with van der Waals surface area (Å²) < 4.78 is 0. The molecule has 0 N–H and O–H groups in total. The minimum atomic E-state index is 0. The summed E-state index contributed by atoms with van der Waals surface area (Å²) in [5.41, 5.74) is 0. The molecule has 0 heterocycles. The molecular weight excluding hydrogens is 191 g/mol. The molecule has 0 amide bonds. The van der Waals surface area contributed by atoms with E-state index in [2.05, 4.69) is 0 Å². The largest absolute Gasteiger partial charge is 2.00 e. The van der Waals surface area contributed by atoms with Gasteiger partial charge in [-0.15, -0.1) is 0 Å². The van der Waals surface area contributed by atoms with E-state index in [1.807, 2.05) is 0 Å². The first-order valence-corrected chi connectivity index (χ1v) is 0. The maximum absolute atomic E-state index is 0. The Hall–Kier alpha value is 0.733. The van der Waals surface area contributed by atoms with Crippen molar-refractivity contribution in [3.8, 4) is 0 Å². The quantitative estimate of drug-likeness (QED) is 0.263. The fourth-order valence-corrected chi connectivity index (χ4v) is 0. The zero-order chi connectivity index (χ0) is 0. The Labute approximate surface area is 52.9 Å². The Kier molecular flexibility index (Phi) is 16400. The molecule has 0 aromatic carbocycles. The second kappa shape index (κ2) is 239. The first-order chi connectivity index (χ1) is 0. The van der Waals surface area contributed by atoms with Gasteiger partial charge in [0.1, 0.15) is 0 Å². The van der Waals surface area contributed by atoms with Gasteiger partial charge in [0, 0.05) is 0 Å². The SMILES string of the molecule is [F-].[F-].[F-].[F-].[Fe+2].[Ni+2]. The van der Waals surface area contributed by atoms with Crippen LogP contribution in [-0.4, -0.2) is 0 Å². The fraction of sp³-hybridized carbons (Fsp3) is 0. The van der Waals surface area contributed by atoms with E-state index in [4.69, 9.17) is 0 Å². The van der Waals surface area contributed by atoms with Crippen LogP contribution in [0.25, 0.3) is 0 Å². The summed E-state index contributed by atoms with van der Waals surface area (Å²) in [6.45, 7) is 0. The van der Waals surface area contributed by atoms with Crippen molar-refractivity contribution < 1.29 is 52.4 Å². The van der Waals surface area contributed by atoms with Crippen molar-refractivity contribution in [2.24, 2.45) is 0 Å². The molecule has 0 unspecified atom stereocenters. The Morgan fingerprint density at radius 2 is 0.500 bits per heavy atom. The maximum Gasteiger partial charge on any atom is 2.00 e. The molecule has 0 aromatic rings. The number of hydrogen-bond donors (Lipinski definition) is 0. The van der Waals surface area contributed by atoms with Crippen LogP contribution >= 0.6 is 0 Å². The van der Waals surface area contributed by atoms with Crippen LogP contribution < -0.4 is 18.8 Å². The van der Waals surface area contributed by atoms with Gasteiger partial charge in [-0.2, -0.15) is 0 Å². The average Bonchev–Trinajstić information content (AvgIpc) is 0. The first-order valence-electron chi connectivity index (χ1n) is 0. The molecule has 0 radical (unpaired) electrons. The van der Waals surface area contributed by atoms with Gasteiger partial charge < -0.3 is 18.8 Å². The molecule has 0 atom stereocenters. The molecule has 0 aliphatic rings. The number of halogens is 4. The maximum atomic E-state index is 0. The van der Waals surface area contributed by atoms with E-state index < -0.39 is 0 Å². The molecule has 0 bridgehead atoms. The third-order valence-electron chi connectivity index (χ3n) is 0. The predicted octanol–water partition coefficient (Wildman–Crippen LogP) is -12.0. The zero-order valence-electron chi connectivity index (χ0n) is 2.18. The molecular formula is F4FeNi. The van der Waals surface area contributed by atoms with Crippen molar-refractivity contribution in [3.05, 3.63) is 0 Å². The van der Waals surface area contributed by atoms with Gasteiger partial charge in [0.05, 0.1) is 0 Å². The molecule has 0 spiro atoms. The summed E-state index contributed by atoms with van der Waals surface area (Å²) in [7, 11) is 0. The van der Waals surface area contributed by atoms with E-state index in [-0.39, 0.29) is 52.4 Å². The predicted molar refractivity (Wildman–Crippen MR) is 0 cm³/mol. The van der Waals surface area contributed by atoms with Crippen LogP contribution in [0.4, 0.5) is 0 Å². The summed E-state index contributed by atoms with van der Waals surface area (Å²) in [6.07, 6.45) is 0. The minimum absolute atomic E-state index is 0. The topological polar surface area (TPSA) is 0 Å². The second-order valence-corrected chi connectivity index (χ2v) is 0. The van der Waals surface area contributed by atoms with E-state index in [1.54, 1.807) is 0 Å². The van der Waals surface area contributed by atoms with Crippen LogP contribution in [0.5, 0.6) is 0 Å². The summed E-state index contributed by atoms with van der Waals surface area (Å²) in [5, 5.41) is 0. The molecule has 6 heteroatoms. The van der Waals surface area contributed by atoms with Gasteiger partial charge in [0.25, 0.3) is 0 Å². The van der Waals surface area contributed by atoms with E-state index in [1.165, 1.54) is 0 Å². The third-order valence-corrected chi connectivity index (χ3v) is 0. The Bertz CT molecular complexity index is 7.51. The van der Waals surface area contributed by atoms with Gasteiger partial charge in [-0.05, 0) is 0 Å². The molecule has 0 saturated carbocycles. The Morgan fingerprint density at radius 1 is 0.500 bits per heavy atom. The molecule has 0 aliphatic heterocycles. The van der Waals surface area contributed by atoms with Crippen LogP contribution in [0.1, 0.15) is 0 Å². The standard InChI is InChI=1S/4FH.Fe.Ni/h4*1H;;/q;;;;2*+2/p-4. The van der Waals surface area contributed by atoms with Crippen LogP contribution in [0.3, 0.4) is 0 Å². The minimum Gasteiger partial charge on any atom is -1.00 e. The third kappa shape index (κ3) is 123. The van der Waals surface area contributed by atoms with Crippen molar-refractivity contribution >= 4 is 0 Å². The molecule has 0 nitrogen and oxygen atoms in total. The summed E-state index contributed by atoms with van der Waals surface area (Å²) >= 11 is 0. The fourth-order valence-electron chi connectivity index (χ4n) is 0. The summed E-state index contributed by atoms with van der Waals surface area (Å²) in [6, 6.07) is 0. The molecule has 0 aromatic heterocycles. The summed E-state index contributed by atoms with van der Waals surface area (Å²) in [4.78, 5) is 0. The van der Waals surface area contributed by atoms with Crippen LogP contribution in [0, 0.1) is 0 Å². The Balaban J connectivity index is 0. The van der Waals surface area contributed by atoms with Crippen LogP contribution in [-0.2, 0) is 33.6 Å². The molecule has 0 rings (SSSR count). The van der Waals surface area contributed by atoms with Gasteiger partial charge in [0.2, 0.25) is 0 Å². The average molecular weight is 191 g/mol. The second-order valence-electron chi connectivity index (χ2n) is 0. The van der Waals surface area contributed by atoms with Crippen LogP contribution in [0.2, 0.25) is 0 Å². The van der Waals surface area contributed by atoms with Gasteiger partial charge in [-0.3, -0.25) is 0 Å². The first kappa shape index (κ1) is 412. The molecule has 0 fully saturated rings. The smallest absolute Gasteiger partial charge is 1.00 e. The molecule has 0 aliphatic carbocycles. The molecule has 46 valence electrons. The van der Waals surface area contributed by atoms with Gasteiger partial charge in [-0.1, -0.05) is 0 Å². The molecule has 0 saturated heterocycles. The monoisotopic (exact) mass is 190 g/mol. The number of hydrogen-bond acceptors (Lipinski definition) is 0. The van der Waals surface area contributed by atoms with Gasteiger partial charge in [-0.25, -0.2) is 0 Å². The van der Waals surface area contributed by atoms with E-state index in [0.717, 1.165) is 0 Å². The van der Waals surface area contributed by atoms with E-state index >= 15 is 0 Å².